The summed E-state index contributed by atoms with van der Waals surface area (Å²) in [6.07, 6.45) is 1.07. The minimum Gasteiger partial charge on any atom is -0.383 e. The van der Waals surface area contributed by atoms with E-state index in [0.29, 0.717) is 6.04 Å². The van der Waals surface area contributed by atoms with Crippen molar-refractivity contribution < 1.29 is 4.74 Å². The highest BCUT2D eigenvalue weighted by Crippen LogP contribution is 2.21. The molecule has 0 saturated heterocycles. The van der Waals surface area contributed by atoms with Gasteiger partial charge in [-0.1, -0.05) is 38.1 Å². The lowest BCUT2D eigenvalue weighted by Gasteiger charge is -2.36. The highest BCUT2D eigenvalue weighted by atomic mass is 16.5. The average Bonchev–Trinajstić information content (AvgIpc) is 2.47. The van der Waals surface area contributed by atoms with E-state index in [1.807, 2.05) is 0 Å². The summed E-state index contributed by atoms with van der Waals surface area (Å²) >= 11 is 0. The molecule has 3 nitrogen and oxygen atoms in total. The fraction of sp³-hybridized carbons (Fsp3) is 0.647. The van der Waals surface area contributed by atoms with Crippen LogP contribution in [0.3, 0.4) is 0 Å². The summed E-state index contributed by atoms with van der Waals surface area (Å²) in [5, 5.41) is 0. The van der Waals surface area contributed by atoms with Crippen molar-refractivity contribution in [3.05, 3.63) is 35.4 Å². The molecule has 3 unspecified atom stereocenters. The van der Waals surface area contributed by atoms with Gasteiger partial charge in [0.2, 0.25) is 0 Å². The van der Waals surface area contributed by atoms with Crippen LogP contribution in [0.2, 0.25) is 0 Å². The summed E-state index contributed by atoms with van der Waals surface area (Å²) in [5.74, 6) is 0. The summed E-state index contributed by atoms with van der Waals surface area (Å²) < 4.78 is 5.27. The van der Waals surface area contributed by atoms with Crippen LogP contribution in [0.4, 0.5) is 0 Å². The Bertz CT molecular complexity index is 377. The van der Waals surface area contributed by atoms with Gasteiger partial charge in [0.15, 0.2) is 0 Å². The van der Waals surface area contributed by atoms with Gasteiger partial charge in [0.25, 0.3) is 0 Å². The molecule has 0 aliphatic heterocycles. The number of likely N-dealkylation sites (N-methyl/N-ethyl adjacent to an activating group) is 1. The van der Waals surface area contributed by atoms with Crippen LogP contribution in [0.25, 0.3) is 0 Å². The van der Waals surface area contributed by atoms with Crippen LogP contribution >= 0.6 is 0 Å². The van der Waals surface area contributed by atoms with Crippen molar-refractivity contribution in [2.75, 3.05) is 20.3 Å². The van der Waals surface area contributed by atoms with E-state index in [-0.39, 0.29) is 12.1 Å². The van der Waals surface area contributed by atoms with E-state index < -0.39 is 0 Å². The quantitative estimate of drug-likeness (QED) is 0.794. The van der Waals surface area contributed by atoms with E-state index in [4.69, 9.17) is 10.5 Å². The number of methoxy groups -OCH3 is 1. The van der Waals surface area contributed by atoms with Crippen molar-refractivity contribution >= 4 is 0 Å². The minimum atomic E-state index is 0.0279. The molecule has 0 radical (unpaired) electrons. The second-order valence-electron chi connectivity index (χ2n) is 5.50. The maximum atomic E-state index is 6.46. The molecule has 1 rings (SSSR count). The molecule has 0 amide bonds. The summed E-state index contributed by atoms with van der Waals surface area (Å²) in [7, 11) is 1.75. The van der Waals surface area contributed by atoms with Crippen molar-refractivity contribution in [2.24, 2.45) is 5.73 Å². The maximum absolute atomic E-state index is 6.46. The molecule has 0 heterocycles. The zero-order valence-corrected chi connectivity index (χ0v) is 13.6. The molecular formula is C17H30N2O. The first kappa shape index (κ1) is 17.2. The summed E-state index contributed by atoms with van der Waals surface area (Å²) in [6, 6.07) is 9.37. The van der Waals surface area contributed by atoms with Crippen molar-refractivity contribution in [3.63, 3.8) is 0 Å². The standard InChI is InChI=1S/C17H30N2O/c1-6-15-8-10-16(11-9-15)17(18)14(4)19(7-2)13(3)12-20-5/h8-11,13-14,17H,6-7,12,18H2,1-5H3. The zero-order valence-electron chi connectivity index (χ0n) is 13.6. The average molecular weight is 278 g/mol. The molecule has 0 saturated carbocycles. The van der Waals surface area contributed by atoms with E-state index in [0.717, 1.165) is 19.6 Å². The SMILES string of the molecule is CCc1ccc(C(N)C(C)N(CC)C(C)COC)cc1. The van der Waals surface area contributed by atoms with E-state index in [1.165, 1.54) is 11.1 Å². The number of benzene rings is 1. The molecule has 0 fully saturated rings. The predicted octanol–water partition coefficient (Wildman–Crippen LogP) is 2.99. The third-order valence-electron chi connectivity index (χ3n) is 4.15. The number of nitrogens with zero attached hydrogens (tertiary/aromatic N) is 1. The number of ether oxygens (including phenoxy) is 1. The third kappa shape index (κ3) is 4.30. The minimum absolute atomic E-state index is 0.0279. The normalized spacial score (nSPS) is 16.1. The first-order valence-electron chi connectivity index (χ1n) is 7.64. The van der Waals surface area contributed by atoms with E-state index >= 15 is 0 Å². The molecule has 0 spiro atoms. The molecule has 0 bridgehead atoms. The largest absolute Gasteiger partial charge is 0.383 e. The van der Waals surface area contributed by atoms with Crippen LogP contribution in [0.15, 0.2) is 24.3 Å². The van der Waals surface area contributed by atoms with Crippen molar-refractivity contribution in [2.45, 2.75) is 52.2 Å². The Morgan fingerprint density at radius 1 is 1.15 bits per heavy atom. The van der Waals surface area contributed by atoms with E-state index in [1.54, 1.807) is 7.11 Å². The Hall–Kier alpha value is -0.900. The van der Waals surface area contributed by atoms with Crippen LogP contribution in [0, 0.1) is 0 Å². The fourth-order valence-electron chi connectivity index (χ4n) is 2.80. The highest BCUT2D eigenvalue weighted by molar-refractivity contribution is 5.25. The molecule has 0 aliphatic rings. The Kier molecular flexibility index (Phi) is 7.20. The molecule has 0 aliphatic carbocycles. The summed E-state index contributed by atoms with van der Waals surface area (Å²) in [6.45, 7) is 10.5. The van der Waals surface area contributed by atoms with Gasteiger partial charge in [0, 0.05) is 25.2 Å². The van der Waals surface area contributed by atoms with Gasteiger partial charge in [-0.05, 0) is 37.9 Å². The van der Waals surface area contributed by atoms with Crippen LogP contribution < -0.4 is 5.73 Å². The molecular weight excluding hydrogens is 248 g/mol. The Morgan fingerprint density at radius 3 is 2.20 bits per heavy atom. The van der Waals surface area contributed by atoms with Gasteiger partial charge in [-0.3, -0.25) is 4.90 Å². The zero-order chi connectivity index (χ0) is 15.1. The van der Waals surface area contributed by atoms with Crippen LogP contribution in [-0.4, -0.2) is 37.2 Å². The summed E-state index contributed by atoms with van der Waals surface area (Å²) in [5.41, 5.74) is 9.02. The number of nitrogens with two attached hydrogens (primary N) is 1. The first-order chi connectivity index (χ1) is 9.54. The third-order valence-corrected chi connectivity index (χ3v) is 4.15. The van der Waals surface area contributed by atoms with Crippen LogP contribution in [-0.2, 0) is 11.2 Å². The van der Waals surface area contributed by atoms with Gasteiger partial charge in [-0.15, -0.1) is 0 Å². The number of hydrogen-bond acceptors (Lipinski definition) is 3. The Balaban J connectivity index is 2.79. The molecule has 1 aromatic carbocycles. The number of aryl methyl sites for hydroxylation is 1. The van der Waals surface area contributed by atoms with E-state index in [2.05, 4.69) is 56.9 Å². The molecule has 0 aromatic heterocycles. The topological polar surface area (TPSA) is 38.5 Å². The Morgan fingerprint density at radius 2 is 1.75 bits per heavy atom. The predicted molar refractivity (Wildman–Crippen MR) is 85.9 cm³/mol. The van der Waals surface area contributed by atoms with Crippen LogP contribution in [0.5, 0.6) is 0 Å². The summed E-state index contributed by atoms with van der Waals surface area (Å²) in [4.78, 5) is 2.40. The number of hydrogen-bond donors (Lipinski definition) is 1. The lowest BCUT2D eigenvalue weighted by atomic mass is 9.97. The second-order valence-corrected chi connectivity index (χ2v) is 5.50. The van der Waals surface area contributed by atoms with Gasteiger partial charge >= 0.3 is 0 Å². The van der Waals surface area contributed by atoms with Crippen molar-refractivity contribution in [1.29, 1.82) is 0 Å². The van der Waals surface area contributed by atoms with Gasteiger partial charge in [-0.25, -0.2) is 0 Å². The lowest BCUT2D eigenvalue weighted by Crippen LogP contribution is -2.47. The smallest absolute Gasteiger partial charge is 0.0615 e. The van der Waals surface area contributed by atoms with E-state index in [9.17, 15) is 0 Å². The molecule has 20 heavy (non-hydrogen) atoms. The van der Waals surface area contributed by atoms with Crippen molar-refractivity contribution in [1.82, 2.24) is 4.90 Å². The fourth-order valence-corrected chi connectivity index (χ4v) is 2.80. The van der Waals surface area contributed by atoms with Crippen LogP contribution in [0.1, 0.15) is 44.9 Å². The second kappa shape index (κ2) is 8.40. The van der Waals surface area contributed by atoms with Gasteiger partial charge in [0.05, 0.1) is 6.61 Å². The van der Waals surface area contributed by atoms with Gasteiger partial charge in [-0.2, -0.15) is 0 Å². The highest BCUT2D eigenvalue weighted by Gasteiger charge is 2.24. The molecule has 3 atom stereocenters. The van der Waals surface area contributed by atoms with Gasteiger partial charge in [0.1, 0.15) is 0 Å². The maximum Gasteiger partial charge on any atom is 0.0615 e. The van der Waals surface area contributed by atoms with Crippen molar-refractivity contribution in [3.8, 4) is 0 Å². The lowest BCUT2D eigenvalue weighted by molar-refractivity contribution is 0.0699. The molecule has 114 valence electrons. The molecule has 3 heteroatoms. The monoisotopic (exact) mass is 278 g/mol. The molecule has 1 aromatic rings. The molecule has 2 N–H and O–H groups in total. The van der Waals surface area contributed by atoms with Gasteiger partial charge < -0.3 is 10.5 Å². The Labute approximate surface area is 124 Å². The first-order valence-corrected chi connectivity index (χ1v) is 7.64. The number of rotatable bonds is 8.